The smallest absolute Gasteiger partial charge is 0.220 e. The minimum atomic E-state index is 0.145. The van der Waals surface area contributed by atoms with Gasteiger partial charge in [-0.15, -0.1) is 0 Å². The zero-order valence-electron chi connectivity index (χ0n) is 17.4. The SMILES string of the molecule is CCSc1nc(NCCOC)c2cnn(CCNC(=O)CC3CCCCC3)c2n1. The number of ether oxygens (including phenoxy) is 1. The quantitative estimate of drug-likeness (QED) is 0.328. The molecule has 1 fully saturated rings. The first-order valence-electron chi connectivity index (χ1n) is 10.6. The molecule has 3 rings (SSSR count). The highest BCUT2D eigenvalue weighted by Crippen LogP contribution is 2.26. The summed E-state index contributed by atoms with van der Waals surface area (Å²) in [5.74, 6) is 2.37. The molecule has 2 aromatic heterocycles. The Balaban J connectivity index is 1.61. The molecule has 1 saturated carbocycles. The van der Waals surface area contributed by atoms with Crippen LogP contribution in [0, 0.1) is 5.92 Å². The Morgan fingerprint density at radius 1 is 1.28 bits per heavy atom. The Morgan fingerprint density at radius 3 is 2.86 bits per heavy atom. The summed E-state index contributed by atoms with van der Waals surface area (Å²) in [5, 5.41) is 12.4. The number of thioether (sulfide) groups is 1. The highest BCUT2D eigenvalue weighted by molar-refractivity contribution is 7.99. The Kier molecular flexibility index (Phi) is 8.54. The number of amides is 1. The van der Waals surface area contributed by atoms with Gasteiger partial charge >= 0.3 is 0 Å². The number of fused-ring (bicyclic) bond motifs is 1. The van der Waals surface area contributed by atoms with E-state index in [4.69, 9.17) is 4.74 Å². The third-order valence-electron chi connectivity index (χ3n) is 5.19. The maximum absolute atomic E-state index is 12.3. The molecule has 2 N–H and O–H groups in total. The van der Waals surface area contributed by atoms with Gasteiger partial charge in [0.1, 0.15) is 5.82 Å². The van der Waals surface area contributed by atoms with Crippen molar-refractivity contribution in [2.75, 3.05) is 37.9 Å². The molecular formula is C20H32N6O2S. The maximum Gasteiger partial charge on any atom is 0.220 e. The van der Waals surface area contributed by atoms with E-state index in [-0.39, 0.29) is 5.91 Å². The van der Waals surface area contributed by atoms with Crippen molar-refractivity contribution in [3.63, 3.8) is 0 Å². The van der Waals surface area contributed by atoms with E-state index in [1.807, 2.05) is 4.68 Å². The third kappa shape index (κ3) is 6.30. The standard InChI is InChI=1S/C20H32N6O2S/c1-3-29-20-24-18(22-10-12-28-2)16-14-23-26(19(16)25-20)11-9-21-17(27)13-15-7-5-4-6-8-15/h14-15H,3-13H2,1-2H3,(H,21,27)(H,22,24,25). The first-order chi connectivity index (χ1) is 14.2. The molecule has 8 nitrogen and oxygen atoms in total. The van der Waals surface area contributed by atoms with Gasteiger partial charge in [-0.05, 0) is 24.5 Å². The fourth-order valence-corrected chi connectivity index (χ4v) is 4.29. The number of anilines is 1. The average Bonchev–Trinajstić information content (AvgIpc) is 3.12. The van der Waals surface area contributed by atoms with Crippen molar-refractivity contribution in [3.8, 4) is 0 Å². The summed E-state index contributed by atoms with van der Waals surface area (Å²) in [6, 6.07) is 0. The van der Waals surface area contributed by atoms with Crippen LogP contribution in [0.2, 0.25) is 0 Å². The first-order valence-corrected chi connectivity index (χ1v) is 11.6. The van der Waals surface area contributed by atoms with Gasteiger partial charge in [-0.25, -0.2) is 14.6 Å². The number of nitrogens with zero attached hydrogens (tertiary/aromatic N) is 4. The molecule has 1 aliphatic rings. The van der Waals surface area contributed by atoms with Crippen LogP contribution in [0.25, 0.3) is 11.0 Å². The monoisotopic (exact) mass is 420 g/mol. The van der Waals surface area contributed by atoms with Gasteiger partial charge in [0.05, 0.1) is 24.7 Å². The molecule has 29 heavy (non-hydrogen) atoms. The lowest BCUT2D eigenvalue weighted by Gasteiger charge is -2.20. The Hall–Kier alpha value is -1.87. The van der Waals surface area contributed by atoms with Gasteiger partial charge in [-0.3, -0.25) is 4.79 Å². The highest BCUT2D eigenvalue weighted by Gasteiger charge is 2.17. The molecule has 2 aromatic rings. The van der Waals surface area contributed by atoms with E-state index in [1.54, 1.807) is 25.1 Å². The molecule has 9 heteroatoms. The van der Waals surface area contributed by atoms with E-state index in [2.05, 4.69) is 32.6 Å². The molecule has 0 spiro atoms. The van der Waals surface area contributed by atoms with Gasteiger partial charge in [0.15, 0.2) is 10.8 Å². The second kappa shape index (κ2) is 11.3. The summed E-state index contributed by atoms with van der Waals surface area (Å²) >= 11 is 1.60. The number of carbonyl (C=O) groups is 1. The minimum absolute atomic E-state index is 0.145. The van der Waals surface area contributed by atoms with Crippen molar-refractivity contribution in [2.24, 2.45) is 5.92 Å². The van der Waals surface area contributed by atoms with Crippen molar-refractivity contribution >= 4 is 34.5 Å². The van der Waals surface area contributed by atoms with Crippen LogP contribution in [0.15, 0.2) is 11.4 Å². The second-order valence-corrected chi connectivity index (χ2v) is 8.60. The van der Waals surface area contributed by atoms with Crippen molar-refractivity contribution < 1.29 is 9.53 Å². The fourth-order valence-electron chi connectivity index (χ4n) is 3.73. The number of methoxy groups -OCH3 is 1. The number of hydrogen-bond acceptors (Lipinski definition) is 7. The number of hydrogen-bond donors (Lipinski definition) is 2. The topological polar surface area (TPSA) is 94.0 Å². The normalized spacial score (nSPS) is 15.0. The molecule has 1 amide bonds. The van der Waals surface area contributed by atoms with Crippen LogP contribution in [0.4, 0.5) is 5.82 Å². The van der Waals surface area contributed by atoms with E-state index in [0.717, 1.165) is 27.8 Å². The molecule has 2 heterocycles. The van der Waals surface area contributed by atoms with Gasteiger partial charge in [0.25, 0.3) is 0 Å². The largest absolute Gasteiger partial charge is 0.383 e. The summed E-state index contributed by atoms with van der Waals surface area (Å²) < 4.78 is 6.96. The van der Waals surface area contributed by atoms with Gasteiger partial charge < -0.3 is 15.4 Å². The highest BCUT2D eigenvalue weighted by atomic mass is 32.2. The van der Waals surface area contributed by atoms with Crippen LogP contribution in [0.5, 0.6) is 0 Å². The van der Waals surface area contributed by atoms with Gasteiger partial charge in [-0.1, -0.05) is 37.9 Å². The predicted molar refractivity (Wildman–Crippen MR) is 116 cm³/mol. The fraction of sp³-hybridized carbons (Fsp3) is 0.700. The molecule has 0 saturated heterocycles. The third-order valence-corrected chi connectivity index (χ3v) is 5.92. The molecular weight excluding hydrogens is 388 g/mol. The second-order valence-electron chi connectivity index (χ2n) is 7.37. The van der Waals surface area contributed by atoms with E-state index in [0.29, 0.717) is 38.6 Å². The molecule has 0 aromatic carbocycles. The minimum Gasteiger partial charge on any atom is -0.383 e. The number of aromatic nitrogens is 4. The number of carbonyl (C=O) groups excluding carboxylic acids is 1. The van der Waals surface area contributed by atoms with Crippen molar-refractivity contribution in [1.29, 1.82) is 0 Å². The first kappa shape index (κ1) is 21.8. The maximum atomic E-state index is 12.3. The molecule has 160 valence electrons. The molecule has 0 atom stereocenters. The molecule has 0 radical (unpaired) electrons. The van der Waals surface area contributed by atoms with Gasteiger partial charge in [0, 0.05) is 26.6 Å². The van der Waals surface area contributed by atoms with Crippen molar-refractivity contribution in [1.82, 2.24) is 25.1 Å². The van der Waals surface area contributed by atoms with Crippen LogP contribution < -0.4 is 10.6 Å². The molecule has 0 bridgehead atoms. The van der Waals surface area contributed by atoms with E-state index in [9.17, 15) is 4.79 Å². The zero-order valence-corrected chi connectivity index (χ0v) is 18.3. The van der Waals surface area contributed by atoms with Gasteiger partial charge in [0.2, 0.25) is 5.91 Å². The summed E-state index contributed by atoms with van der Waals surface area (Å²) in [6.45, 7) is 4.49. The summed E-state index contributed by atoms with van der Waals surface area (Å²) in [6.07, 6.45) is 8.63. The van der Waals surface area contributed by atoms with Gasteiger partial charge in [-0.2, -0.15) is 5.10 Å². The van der Waals surface area contributed by atoms with Crippen LogP contribution in [0.3, 0.4) is 0 Å². The van der Waals surface area contributed by atoms with Crippen LogP contribution >= 0.6 is 11.8 Å². The number of nitrogens with one attached hydrogen (secondary N) is 2. The summed E-state index contributed by atoms with van der Waals surface area (Å²) in [5.41, 5.74) is 0.789. The van der Waals surface area contributed by atoms with Crippen LogP contribution in [-0.4, -0.2) is 58.2 Å². The van der Waals surface area contributed by atoms with E-state index in [1.165, 1.54) is 32.1 Å². The average molecular weight is 421 g/mol. The van der Waals surface area contributed by atoms with E-state index < -0.39 is 0 Å². The molecule has 0 unspecified atom stereocenters. The Labute approximate surface area is 176 Å². The lowest BCUT2D eigenvalue weighted by atomic mass is 9.87. The predicted octanol–water partition coefficient (Wildman–Crippen LogP) is 3.08. The van der Waals surface area contributed by atoms with Crippen LogP contribution in [0.1, 0.15) is 45.4 Å². The lowest BCUT2D eigenvalue weighted by molar-refractivity contribution is -0.122. The number of rotatable bonds is 11. The van der Waals surface area contributed by atoms with E-state index >= 15 is 0 Å². The molecule has 0 aliphatic heterocycles. The summed E-state index contributed by atoms with van der Waals surface area (Å²) in [7, 11) is 1.68. The Morgan fingerprint density at radius 2 is 2.10 bits per heavy atom. The lowest BCUT2D eigenvalue weighted by Crippen LogP contribution is -2.29. The van der Waals surface area contributed by atoms with Crippen LogP contribution in [-0.2, 0) is 16.1 Å². The summed E-state index contributed by atoms with van der Waals surface area (Å²) in [4.78, 5) is 21.5. The molecule has 1 aliphatic carbocycles. The van der Waals surface area contributed by atoms with Crippen molar-refractivity contribution in [3.05, 3.63) is 6.20 Å². The van der Waals surface area contributed by atoms with Crippen molar-refractivity contribution in [2.45, 2.75) is 57.1 Å². The zero-order chi connectivity index (χ0) is 20.5. The Bertz CT molecular complexity index is 791.